The minimum atomic E-state index is -0.975. The molecule has 1 aromatic heterocycles. The van der Waals surface area contributed by atoms with Gasteiger partial charge in [-0.2, -0.15) is 0 Å². The molecule has 1 aromatic rings. The van der Waals surface area contributed by atoms with Gasteiger partial charge < -0.3 is 16.3 Å². The Morgan fingerprint density at radius 1 is 1.72 bits per heavy atom. The van der Waals surface area contributed by atoms with Gasteiger partial charge in [0.25, 0.3) is 0 Å². The molecule has 0 fully saturated rings. The highest BCUT2D eigenvalue weighted by molar-refractivity contribution is 7.07. The molecule has 6 nitrogen and oxygen atoms in total. The summed E-state index contributed by atoms with van der Waals surface area (Å²) in [4.78, 5) is 16.1. The van der Waals surface area contributed by atoms with E-state index in [-0.39, 0.29) is 11.7 Å². The first-order chi connectivity index (χ1) is 8.54. The van der Waals surface area contributed by atoms with Gasteiger partial charge in [-0.25, -0.2) is 4.98 Å². The number of carbonyl (C=O) groups excluding carboxylic acids is 1. The molecule has 4 N–H and O–H groups in total. The average Bonchev–Trinajstić information content (AvgIpc) is 2.89. The smallest absolute Gasteiger partial charge is 0.233 e. The minimum Gasteiger partial charge on any atom is -0.409 e. The molecule has 1 atom stereocenters. The Hall–Kier alpha value is -1.63. The fourth-order valence-corrected chi connectivity index (χ4v) is 2.02. The second-order valence-electron chi connectivity index (χ2n) is 4.16. The van der Waals surface area contributed by atoms with Crippen molar-refractivity contribution >= 4 is 23.1 Å². The zero-order valence-corrected chi connectivity index (χ0v) is 11.3. The zero-order chi connectivity index (χ0) is 13.6. The monoisotopic (exact) mass is 270 g/mol. The first-order valence-electron chi connectivity index (χ1n) is 5.68. The van der Waals surface area contributed by atoms with Crippen molar-refractivity contribution in [2.24, 2.45) is 16.3 Å². The van der Waals surface area contributed by atoms with Gasteiger partial charge in [-0.05, 0) is 13.3 Å². The Morgan fingerprint density at radius 3 is 2.94 bits per heavy atom. The van der Waals surface area contributed by atoms with Gasteiger partial charge in [0, 0.05) is 18.3 Å². The van der Waals surface area contributed by atoms with E-state index in [1.165, 1.54) is 11.3 Å². The van der Waals surface area contributed by atoms with Crippen LogP contribution in [0.1, 0.15) is 26.0 Å². The van der Waals surface area contributed by atoms with Crippen molar-refractivity contribution in [2.45, 2.75) is 26.7 Å². The highest BCUT2D eigenvalue weighted by Crippen LogP contribution is 2.21. The molecule has 0 spiro atoms. The molecule has 0 aromatic carbocycles. The summed E-state index contributed by atoms with van der Waals surface area (Å²) in [6, 6.07) is 0. The molecule has 0 aliphatic rings. The van der Waals surface area contributed by atoms with Crippen LogP contribution in [0.25, 0.3) is 0 Å². The van der Waals surface area contributed by atoms with Crippen LogP contribution < -0.4 is 11.1 Å². The average molecular weight is 270 g/mol. The van der Waals surface area contributed by atoms with Crippen LogP contribution in [0.5, 0.6) is 0 Å². The molecule has 1 rings (SSSR count). The van der Waals surface area contributed by atoms with Gasteiger partial charge in [-0.3, -0.25) is 4.79 Å². The van der Waals surface area contributed by atoms with E-state index in [1.807, 2.05) is 12.3 Å². The lowest BCUT2D eigenvalue weighted by molar-refractivity contribution is -0.127. The summed E-state index contributed by atoms with van der Waals surface area (Å²) in [5, 5.41) is 16.4. The molecule has 1 unspecified atom stereocenters. The van der Waals surface area contributed by atoms with E-state index in [0.717, 1.165) is 5.69 Å². The van der Waals surface area contributed by atoms with Crippen LogP contribution in [-0.4, -0.2) is 28.5 Å². The topological polar surface area (TPSA) is 101 Å². The summed E-state index contributed by atoms with van der Waals surface area (Å²) in [7, 11) is 0. The molecular formula is C11H18N4O2S. The number of oxime groups is 1. The molecule has 18 heavy (non-hydrogen) atoms. The van der Waals surface area contributed by atoms with E-state index in [2.05, 4.69) is 15.5 Å². The van der Waals surface area contributed by atoms with Crippen LogP contribution in [0.15, 0.2) is 16.0 Å². The lowest BCUT2D eigenvalue weighted by Crippen LogP contribution is -2.48. The van der Waals surface area contributed by atoms with Crippen molar-refractivity contribution in [3.63, 3.8) is 0 Å². The maximum Gasteiger partial charge on any atom is 0.233 e. The highest BCUT2D eigenvalue weighted by atomic mass is 32.1. The van der Waals surface area contributed by atoms with Crippen LogP contribution in [0.3, 0.4) is 0 Å². The van der Waals surface area contributed by atoms with Crippen molar-refractivity contribution < 1.29 is 10.0 Å². The standard InChI is InChI=1S/C11H18N4O2S/c1-3-11(2,9(12)15-17)10(16)13-5-4-8-6-18-7-14-8/h6-7,17H,3-5H2,1-2H3,(H2,12,15)(H,13,16). The van der Waals surface area contributed by atoms with Crippen molar-refractivity contribution in [1.29, 1.82) is 0 Å². The van der Waals surface area contributed by atoms with E-state index in [9.17, 15) is 4.79 Å². The third-order valence-corrected chi connectivity index (χ3v) is 3.67. The number of carbonyl (C=O) groups is 1. The first kappa shape index (κ1) is 14.4. The van der Waals surface area contributed by atoms with Gasteiger partial charge in [-0.1, -0.05) is 12.1 Å². The van der Waals surface area contributed by atoms with E-state index in [4.69, 9.17) is 10.9 Å². The van der Waals surface area contributed by atoms with Crippen LogP contribution >= 0.6 is 11.3 Å². The summed E-state index contributed by atoms with van der Waals surface area (Å²) in [6.45, 7) is 3.95. The van der Waals surface area contributed by atoms with E-state index in [1.54, 1.807) is 12.4 Å². The number of nitrogens with zero attached hydrogens (tertiary/aromatic N) is 2. The van der Waals surface area contributed by atoms with Crippen molar-refractivity contribution in [3.8, 4) is 0 Å². The predicted molar refractivity (Wildman–Crippen MR) is 70.6 cm³/mol. The molecule has 0 bridgehead atoms. The van der Waals surface area contributed by atoms with Crippen LogP contribution in [0.4, 0.5) is 0 Å². The largest absolute Gasteiger partial charge is 0.409 e. The summed E-state index contributed by atoms with van der Waals surface area (Å²) < 4.78 is 0. The number of nitrogens with two attached hydrogens (primary N) is 1. The molecule has 0 saturated heterocycles. The molecule has 0 saturated carbocycles. The Morgan fingerprint density at radius 2 is 2.44 bits per heavy atom. The van der Waals surface area contributed by atoms with Gasteiger partial charge >= 0.3 is 0 Å². The summed E-state index contributed by atoms with van der Waals surface area (Å²) >= 11 is 1.52. The molecule has 0 radical (unpaired) electrons. The first-order valence-corrected chi connectivity index (χ1v) is 6.62. The van der Waals surface area contributed by atoms with Crippen molar-refractivity contribution in [2.75, 3.05) is 6.54 Å². The molecule has 7 heteroatoms. The summed E-state index contributed by atoms with van der Waals surface area (Å²) in [5.41, 5.74) is 7.28. The number of hydrogen-bond donors (Lipinski definition) is 3. The third kappa shape index (κ3) is 3.19. The van der Waals surface area contributed by atoms with Gasteiger partial charge in [0.15, 0.2) is 5.84 Å². The van der Waals surface area contributed by atoms with E-state index in [0.29, 0.717) is 19.4 Å². The Labute approximate surface area is 110 Å². The normalized spacial score (nSPS) is 15.1. The number of thiazole rings is 1. The molecule has 0 aliphatic heterocycles. The second kappa shape index (κ2) is 6.34. The summed E-state index contributed by atoms with van der Waals surface area (Å²) in [6.07, 6.45) is 1.14. The Balaban J connectivity index is 2.53. The Kier molecular flexibility index (Phi) is 5.08. The molecule has 100 valence electrons. The van der Waals surface area contributed by atoms with E-state index >= 15 is 0 Å². The quantitative estimate of drug-likeness (QED) is 0.310. The number of amidine groups is 1. The molecule has 1 amide bonds. The summed E-state index contributed by atoms with van der Waals surface area (Å²) in [5.74, 6) is -0.313. The van der Waals surface area contributed by atoms with Gasteiger partial charge in [0.05, 0.1) is 11.2 Å². The number of amides is 1. The number of hydrogen-bond acceptors (Lipinski definition) is 5. The maximum atomic E-state index is 12.0. The van der Waals surface area contributed by atoms with Gasteiger partial charge in [0.1, 0.15) is 5.41 Å². The van der Waals surface area contributed by atoms with Crippen molar-refractivity contribution in [3.05, 3.63) is 16.6 Å². The number of nitrogens with one attached hydrogen (secondary N) is 1. The van der Waals surface area contributed by atoms with Crippen molar-refractivity contribution in [1.82, 2.24) is 10.3 Å². The lowest BCUT2D eigenvalue weighted by Gasteiger charge is -2.25. The third-order valence-electron chi connectivity index (χ3n) is 3.03. The van der Waals surface area contributed by atoms with Crippen LogP contribution in [0.2, 0.25) is 0 Å². The van der Waals surface area contributed by atoms with Gasteiger partial charge in [0.2, 0.25) is 5.91 Å². The van der Waals surface area contributed by atoms with E-state index < -0.39 is 5.41 Å². The SMILES string of the molecule is CCC(C)(C(=O)NCCc1cscn1)C(N)=NO. The lowest BCUT2D eigenvalue weighted by atomic mass is 9.85. The Bertz CT molecular complexity index is 419. The second-order valence-corrected chi connectivity index (χ2v) is 4.88. The van der Waals surface area contributed by atoms with Crippen LogP contribution in [-0.2, 0) is 11.2 Å². The number of aromatic nitrogens is 1. The molecular weight excluding hydrogens is 252 g/mol. The molecule has 0 aliphatic carbocycles. The zero-order valence-electron chi connectivity index (χ0n) is 10.5. The minimum absolute atomic E-state index is 0.0730. The fraction of sp³-hybridized carbons (Fsp3) is 0.545. The molecule has 1 heterocycles. The maximum absolute atomic E-state index is 12.0. The fourth-order valence-electron chi connectivity index (χ4n) is 1.43. The highest BCUT2D eigenvalue weighted by Gasteiger charge is 2.36. The van der Waals surface area contributed by atoms with Gasteiger partial charge in [-0.15, -0.1) is 11.3 Å². The van der Waals surface area contributed by atoms with Crippen LogP contribution in [0, 0.1) is 5.41 Å². The number of rotatable bonds is 6. The predicted octanol–water partition coefficient (Wildman–Crippen LogP) is 0.964.